The number of aliphatic hydroxyl groups excluding tert-OH is 1. The molecule has 3 nitrogen and oxygen atoms in total. The van der Waals surface area contributed by atoms with E-state index in [-0.39, 0.29) is 18.8 Å². The van der Waals surface area contributed by atoms with E-state index in [0.29, 0.717) is 8.58 Å². The average molecular weight is 360 g/mol. The fourth-order valence-corrected chi connectivity index (χ4v) is 4.21. The molecule has 0 spiro atoms. The Hall–Kier alpha value is -1.41. The van der Waals surface area contributed by atoms with E-state index in [1.165, 1.54) is 11.1 Å². The highest BCUT2D eigenvalue weighted by Crippen LogP contribution is 2.34. The summed E-state index contributed by atoms with van der Waals surface area (Å²) in [6, 6.07) is 10.6. The van der Waals surface area contributed by atoms with Gasteiger partial charge in [0.25, 0.3) is 0 Å². The van der Waals surface area contributed by atoms with E-state index in [4.69, 9.17) is 9.47 Å². The van der Waals surface area contributed by atoms with Crippen LogP contribution in [0.2, 0.25) is 0 Å². The normalized spacial score (nSPS) is 12.1. The Labute approximate surface area is 153 Å². The molecular weight excluding hydrogens is 331 g/mol. The van der Waals surface area contributed by atoms with Crippen molar-refractivity contribution >= 4 is 19.2 Å². The molecule has 0 aromatic heterocycles. The third-order valence-corrected chi connectivity index (χ3v) is 5.46. The lowest BCUT2D eigenvalue weighted by Crippen LogP contribution is -2.21. The molecule has 0 aliphatic carbocycles. The maximum Gasteiger partial charge on any atom is 0.188 e. The van der Waals surface area contributed by atoms with Crippen LogP contribution in [0.15, 0.2) is 30.3 Å². The van der Waals surface area contributed by atoms with Crippen molar-refractivity contribution in [1.82, 2.24) is 0 Å². The number of hydrogen-bond acceptors (Lipinski definition) is 3. The van der Waals surface area contributed by atoms with Gasteiger partial charge in [0.15, 0.2) is 6.79 Å². The van der Waals surface area contributed by atoms with E-state index in [1.807, 2.05) is 6.92 Å². The number of aliphatic hydroxyl groups is 1. The SMILES string of the molecule is COCOc1c(Pc2ccc(C)cc2CO)cc(C)cc1C(C)(C)C. The van der Waals surface area contributed by atoms with Crippen molar-refractivity contribution in [2.24, 2.45) is 0 Å². The quantitative estimate of drug-likeness (QED) is 0.631. The zero-order valence-corrected chi connectivity index (χ0v) is 17.1. The van der Waals surface area contributed by atoms with E-state index >= 15 is 0 Å². The molecular formula is C21H29O3P. The molecule has 1 unspecified atom stereocenters. The summed E-state index contributed by atoms with van der Waals surface area (Å²) in [6.45, 7) is 11.0. The van der Waals surface area contributed by atoms with Gasteiger partial charge in [-0.3, -0.25) is 0 Å². The highest BCUT2D eigenvalue weighted by Gasteiger charge is 2.23. The van der Waals surface area contributed by atoms with E-state index < -0.39 is 0 Å². The molecule has 4 heteroatoms. The molecule has 0 radical (unpaired) electrons. The zero-order valence-electron chi connectivity index (χ0n) is 16.1. The number of benzene rings is 2. The Kier molecular flexibility index (Phi) is 6.62. The van der Waals surface area contributed by atoms with Gasteiger partial charge in [-0.15, -0.1) is 0 Å². The second-order valence-electron chi connectivity index (χ2n) is 7.43. The van der Waals surface area contributed by atoms with E-state index in [9.17, 15) is 5.11 Å². The molecule has 0 saturated carbocycles. The Morgan fingerprint density at radius 3 is 2.32 bits per heavy atom. The average Bonchev–Trinajstić information content (AvgIpc) is 2.54. The highest BCUT2D eigenvalue weighted by atomic mass is 31.1. The smallest absolute Gasteiger partial charge is 0.188 e. The lowest BCUT2D eigenvalue weighted by molar-refractivity contribution is 0.0506. The van der Waals surface area contributed by atoms with Crippen LogP contribution in [0.4, 0.5) is 0 Å². The van der Waals surface area contributed by atoms with Crippen molar-refractivity contribution in [1.29, 1.82) is 0 Å². The molecule has 0 amide bonds. The lowest BCUT2D eigenvalue weighted by Gasteiger charge is -2.26. The second kappa shape index (κ2) is 8.31. The molecule has 136 valence electrons. The lowest BCUT2D eigenvalue weighted by atomic mass is 9.85. The predicted octanol–water partition coefficient (Wildman–Crippen LogP) is 3.71. The molecule has 0 bridgehead atoms. The zero-order chi connectivity index (χ0) is 18.6. The maximum absolute atomic E-state index is 9.72. The molecule has 25 heavy (non-hydrogen) atoms. The molecule has 1 N–H and O–H groups in total. The molecule has 2 aromatic rings. The minimum Gasteiger partial charge on any atom is -0.467 e. The number of methoxy groups -OCH3 is 1. The van der Waals surface area contributed by atoms with E-state index in [0.717, 1.165) is 27.5 Å². The van der Waals surface area contributed by atoms with Crippen LogP contribution in [-0.2, 0) is 16.8 Å². The molecule has 0 aliphatic rings. The summed E-state index contributed by atoms with van der Waals surface area (Å²) >= 11 is 0. The second-order valence-corrected chi connectivity index (χ2v) is 8.76. The van der Waals surface area contributed by atoms with Crippen molar-refractivity contribution in [3.8, 4) is 5.75 Å². The van der Waals surface area contributed by atoms with Crippen molar-refractivity contribution in [3.63, 3.8) is 0 Å². The Bertz CT molecular complexity index is 733. The van der Waals surface area contributed by atoms with Gasteiger partial charge in [0, 0.05) is 18.0 Å². The molecule has 2 aromatic carbocycles. The summed E-state index contributed by atoms with van der Waals surface area (Å²) in [4.78, 5) is 0. The largest absolute Gasteiger partial charge is 0.467 e. The molecule has 2 rings (SSSR count). The minimum atomic E-state index is -0.0264. The van der Waals surface area contributed by atoms with Crippen LogP contribution in [0.1, 0.15) is 43.0 Å². The Morgan fingerprint density at radius 1 is 1.00 bits per heavy atom. The van der Waals surface area contributed by atoms with Gasteiger partial charge in [-0.25, -0.2) is 0 Å². The highest BCUT2D eigenvalue weighted by molar-refractivity contribution is 7.55. The molecule has 0 heterocycles. The first kappa shape index (κ1) is 19.9. The van der Waals surface area contributed by atoms with Crippen LogP contribution in [0.5, 0.6) is 5.75 Å². The van der Waals surface area contributed by atoms with E-state index in [2.05, 4.69) is 58.0 Å². The topological polar surface area (TPSA) is 38.7 Å². The Morgan fingerprint density at radius 2 is 1.72 bits per heavy atom. The first-order chi connectivity index (χ1) is 11.8. The van der Waals surface area contributed by atoms with E-state index in [1.54, 1.807) is 7.11 Å². The third-order valence-electron chi connectivity index (χ3n) is 4.06. The van der Waals surface area contributed by atoms with Gasteiger partial charge in [-0.05, 0) is 41.8 Å². The molecule has 0 aliphatic heterocycles. The van der Waals surface area contributed by atoms with Gasteiger partial charge < -0.3 is 14.6 Å². The fraction of sp³-hybridized carbons (Fsp3) is 0.429. The number of rotatable bonds is 6. The van der Waals surface area contributed by atoms with Gasteiger partial charge in [-0.1, -0.05) is 59.2 Å². The van der Waals surface area contributed by atoms with Crippen molar-refractivity contribution < 1.29 is 14.6 Å². The maximum atomic E-state index is 9.72. The first-order valence-electron chi connectivity index (χ1n) is 8.50. The van der Waals surface area contributed by atoms with Gasteiger partial charge in [-0.2, -0.15) is 0 Å². The van der Waals surface area contributed by atoms with Crippen LogP contribution in [-0.4, -0.2) is 19.0 Å². The number of aryl methyl sites for hydroxylation is 2. The standard InChI is InChI=1S/C21H29O3P/c1-14-7-8-18(16(9-14)12-22)25-19-11-15(2)10-17(21(3,4)5)20(19)24-13-23-6/h7-11,22,25H,12-13H2,1-6H3. The van der Waals surface area contributed by atoms with Gasteiger partial charge in [0.2, 0.25) is 0 Å². The monoisotopic (exact) mass is 360 g/mol. The summed E-state index contributed by atoms with van der Waals surface area (Å²) in [5.74, 6) is 0.905. The van der Waals surface area contributed by atoms with Crippen LogP contribution >= 0.6 is 8.58 Å². The van der Waals surface area contributed by atoms with Crippen molar-refractivity contribution in [3.05, 3.63) is 52.6 Å². The van der Waals surface area contributed by atoms with Crippen LogP contribution in [0.3, 0.4) is 0 Å². The molecule has 1 atom stereocenters. The van der Waals surface area contributed by atoms with Crippen molar-refractivity contribution in [2.75, 3.05) is 13.9 Å². The molecule has 0 saturated heterocycles. The van der Waals surface area contributed by atoms with Crippen LogP contribution in [0, 0.1) is 13.8 Å². The number of ether oxygens (including phenoxy) is 2. The third kappa shape index (κ3) is 5.04. The summed E-state index contributed by atoms with van der Waals surface area (Å²) < 4.78 is 11.1. The first-order valence-corrected chi connectivity index (χ1v) is 9.50. The van der Waals surface area contributed by atoms with Crippen LogP contribution in [0.25, 0.3) is 0 Å². The Balaban J connectivity index is 2.54. The number of hydrogen-bond donors (Lipinski definition) is 1. The van der Waals surface area contributed by atoms with Crippen LogP contribution < -0.4 is 15.3 Å². The summed E-state index contributed by atoms with van der Waals surface area (Å²) in [6.07, 6.45) is 0. The van der Waals surface area contributed by atoms with Gasteiger partial charge in [0.1, 0.15) is 5.75 Å². The van der Waals surface area contributed by atoms with Gasteiger partial charge >= 0.3 is 0 Å². The summed E-state index contributed by atoms with van der Waals surface area (Å²) in [7, 11) is 2.06. The minimum absolute atomic E-state index is 0.0264. The fourth-order valence-electron chi connectivity index (χ4n) is 2.82. The van der Waals surface area contributed by atoms with Gasteiger partial charge in [0.05, 0.1) is 6.61 Å². The summed E-state index contributed by atoms with van der Waals surface area (Å²) in [5.41, 5.74) is 4.52. The predicted molar refractivity (Wildman–Crippen MR) is 107 cm³/mol. The summed E-state index contributed by atoms with van der Waals surface area (Å²) in [5, 5.41) is 12.0. The van der Waals surface area contributed by atoms with Crippen molar-refractivity contribution in [2.45, 2.75) is 46.6 Å². The molecule has 0 fully saturated rings.